The van der Waals surface area contributed by atoms with Crippen molar-refractivity contribution in [3.05, 3.63) is 83.0 Å². The minimum atomic E-state index is -0.626. The summed E-state index contributed by atoms with van der Waals surface area (Å²) >= 11 is 0. The number of anilines is 1. The van der Waals surface area contributed by atoms with Crippen molar-refractivity contribution >= 4 is 34.2 Å². The fraction of sp³-hybridized carbons (Fsp3) is 0.148. The summed E-state index contributed by atoms with van der Waals surface area (Å²) in [5, 5.41) is 12.8. The number of benzene rings is 2. The van der Waals surface area contributed by atoms with E-state index < -0.39 is 5.41 Å². The van der Waals surface area contributed by atoms with Gasteiger partial charge in [0.05, 0.1) is 39.9 Å². The van der Waals surface area contributed by atoms with Gasteiger partial charge >= 0.3 is 5.69 Å². The number of nitrogens with zero attached hydrogens (tertiary/aromatic N) is 5. The average molecular weight is 463 g/mol. The van der Waals surface area contributed by atoms with Crippen molar-refractivity contribution in [3.63, 3.8) is 0 Å². The van der Waals surface area contributed by atoms with Gasteiger partial charge in [-0.2, -0.15) is 5.26 Å². The van der Waals surface area contributed by atoms with Crippen LogP contribution >= 0.6 is 0 Å². The number of hydrogen-bond acceptors (Lipinski definition) is 5. The van der Waals surface area contributed by atoms with Crippen LogP contribution in [0, 0.1) is 11.3 Å². The van der Waals surface area contributed by atoms with E-state index in [1.54, 1.807) is 34.6 Å². The minimum Gasteiger partial charge on any atom is -0.313 e. The zero-order valence-electron chi connectivity index (χ0n) is 19.5. The van der Waals surface area contributed by atoms with Crippen LogP contribution in [0.5, 0.6) is 0 Å². The number of nitriles is 1. The summed E-state index contributed by atoms with van der Waals surface area (Å²) in [4.78, 5) is 32.8. The molecule has 3 heterocycles. The first-order valence-electron chi connectivity index (χ1n) is 11.0. The molecule has 0 aliphatic carbocycles. The Hall–Kier alpha value is -4.77. The number of imidazole rings is 1. The molecule has 0 fully saturated rings. The number of carbonyl (C=O) groups is 1. The summed E-state index contributed by atoms with van der Waals surface area (Å²) < 4.78 is 3.27. The van der Waals surface area contributed by atoms with E-state index in [1.165, 1.54) is 0 Å². The normalized spacial score (nSPS) is 11.5. The molecule has 0 radical (unpaired) electrons. The van der Waals surface area contributed by atoms with E-state index in [4.69, 9.17) is 0 Å². The molecule has 5 aromatic rings. The Morgan fingerprint density at radius 3 is 2.40 bits per heavy atom. The van der Waals surface area contributed by atoms with Crippen LogP contribution in [0.15, 0.2) is 71.8 Å². The summed E-state index contributed by atoms with van der Waals surface area (Å²) in [6.45, 7) is 3.73. The highest BCUT2D eigenvalue weighted by atomic mass is 16.1. The second-order valence-corrected chi connectivity index (χ2v) is 8.88. The molecule has 0 unspecified atom stereocenters. The standard InChI is InChI=1S/C27H22N6O2/c1-27(2,15-28)19-6-8-20(9-7-19)33-25-21-12-17(18-5-11-24(30-13-18)31-16-34)4-10-22(21)29-14-23(25)32(3)26(33)35/h4-14,16H,1-3H3,(H,30,31,34). The molecule has 172 valence electrons. The third-order valence-electron chi connectivity index (χ3n) is 6.31. The highest BCUT2D eigenvalue weighted by Crippen LogP contribution is 2.30. The van der Waals surface area contributed by atoms with Crippen molar-refractivity contribution in [1.82, 2.24) is 19.1 Å². The molecule has 35 heavy (non-hydrogen) atoms. The van der Waals surface area contributed by atoms with Crippen molar-refractivity contribution in [3.8, 4) is 22.9 Å². The lowest BCUT2D eigenvalue weighted by Gasteiger charge is -2.16. The summed E-state index contributed by atoms with van der Waals surface area (Å²) in [5.41, 5.74) is 4.78. The van der Waals surface area contributed by atoms with Crippen molar-refractivity contribution in [1.29, 1.82) is 5.26 Å². The molecule has 0 aliphatic heterocycles. The van der Waals surface area contributed by atoms with Gasteiger partial charge in [0.1, 0.15) is 5.82 Å². The Kier molecular flexibility index (Phi) is 5.18. The third-order valence-corrected chi connectivity index (χ3v) is 6.31. The largest absolute Gasteiger partial charge is 0.333 e. The Morgan fingerprint density at radius 2 is 1.74 bits per heavy atom. The van der Waals surface area contributed by atoms with Gasteiger partial charge in [0, 0.05) is 24.2 Å². The number of aromatic nitrogens is 4. The zero-order valence-corrected chi connectivity index (χ0v) is 19.5. The SMILES string of the molecule is Cn1c(=O)n(-c2ccc(C(C)(C)C#N)cc2)c2c3cc(-c4ccc(NC=O)nc4)ccc3ncc21. The van der Waals surface area contributed by atoms with Crippen LogP contribution < -0.4 is 11.0 Å². The van der Waals surface area contributed by atoms with Crippen molar-refractivity contribution in [2.75, 3.05) is 5.32 Å². The molecular weight excluding hydrogens is 440 g/mol. The van der Waals surface area contributed by atoms with Crippen LogP contribution in [-0.2, 0) is 17.3 Å². The molecule has 0 atom stereocenters. The summed E-state index contributed by atoms with van der Waals surface area (Å²) in [7, 11) is 1.73. The molecule has 0 spiro atoms. The number of fused-ring (bicyclic) bond motifs is 3. The summed E-state index contributed by atoms with van der Waals surface area (Å²) in [5.74, 6) is 0.466. The van der Waals surface area contributed by atoms with E-state index in [1.807, 2.05) is 62.4 Å². The maximum Gasteiger partial charge on any atom is 0.333 e. The van der Waals surface area contributed by atoms with Crippen molar-refractivity contribution < 1.29 is 4.79 Å². The third kappa shape index (κ3) is 3.63. The maximum absolute atomic E-state index is 13.3. The Balaban J connectivity index is 1.72. The Morgan fingerprint density at radius 1 is 1.00 bits per heavy atom. The van der Waals surface area contributed by atoms with Gasteiger partial charge in [-0.1, -0.05) is 18.2 Å². The number of hydrogen-bond donors (Lipinski definition) is 1. The minimum absolute atomic E-state index is 0.182. The number of carbonyl (C=O) groups excluding carboxylic acids is 1. The van der Waals surface area contributed by atoms with Gasteiger partial charge in [0.25, 0.3) is 0 Å². The molecule has 0 saturated heterocycles. The monoisotopic (exact) mass is 462 g/mol. The van der Waals surface area contributed by atoms with Crippen LogP contribution in [-0.4, -0.2) is 25.5 Å². The smallest absolute Gasteiger partial charge is 0.313 e. The van der Waals surface area contributed by atoms with Gasteiger partial charge in [-0.25, -0.2) is 9.78 Å². The second-order valence-electron chi connectivity index (χ2n) is 8.88. The first kappa shape index (κ1) is 22.0. The molecule has 0 aliphatic rings. The predicted octanol–water partition coefficient (Wildman–Crippen LogP) is 4.31. The molecule has 3 aromatic heterocycles. The van der Waals surface area contributed by atoms with Gasteiger partial charge in [0.15, 0.2) is 0 Å². The Bertz CT molecular complexity index is 1690. The van der Waals surface area contributed by atoms with E-state index >= 15 is 0 Å². The fourth-order valence-corrected chi connectivity index (χ4v) is 4.22. The van der Waals surface area contributed by atoms with Gasteiger partial charge in [-0.3, -0.25) is 18.9 Å². The molecule has 1 N–H and O–H groups in total. The molecule has 0 saturated carbocycles. The van der Waals surface area contributed by atoms with Crippen LogP contribution in [0.1, 0.15) is 19.4 Å². The fourth-order valence-electron chi connectivity index (χ4n) is 4.22. The van der Waals surface area contributed by atoms with Crippen molar-refractivity contribution in [2.45, 2.75) is 19.3 Å². The van der Waals surface area contributed by atoms with Gasteiger partial charge < -0.3 is 5.32 Å². The zero-order chi connectivity index (χ0) is 24.7. The average Bonchev–Trinajstić information content (AvgIpc) is 3.14. The van der Waals surface area contributed by atoms with Crippen LogP contribution in [0.2, 0.25) is 0 Å². The highest BCUT2D eigenvalue weighted by Gasteiger charge is 2.21. The van der Waals surface area contributed by atoms with Gasteiger partial charge in [-0.05, 0) is 61.4 Å². The van der Waals surface area contributed by atoms with E-state index in [0.717, 1.165) is 33.1 Å². The first-order valence-corrected chi connectivity index (χ1v) is 11.0. The van der Waals surface area contributed by atoms with Gasteiger partial charge in [-0.15, -0.1) is 0 Å². The number of rotatable bonds is 5. The predicted molar refractivity (Wildman–Crippen MR) is 135 cm³/mol. The molecule has 0 bridgehead atoms. The molecule has 8 heteroatoms. The van der Waals surface area contributed by atoms with E-state index in [0.29, 0.717) is 23.4 Å². The Labute approximate surface area is 201 Å². The highest BCUT2D eigenvalue weighted by molar-refractivity contribution is 6.04. The summed E-state index contributed by atoms with van der Waals surface area (Å²) in [6, 6.07) is 19.3. The summed E-state index contributed by atoms with van der Waals surface area (Å²) in [6.07, 6.45) is 3.99. The second kappa shape index (κ2) is 8.22. The first-order chi connectivity index (χ1) is 16.8. The number of amides is 1. The van der Waals surface area contributed by atoms with E-state index in [9.17, 15) is 14.9 Å². The van der Waals surface area contributed by atoms with E-state index in [2.05, 4.69) is 21.4 Å². The lowest BCUT2D eigenvalue weighted by molar-refractivity contribution is -0.105. The number of nitrogens with one attached hydrogen (secondary N) is 1. The van der Waals surface area contributed by atoms with Crippen LogP contribution in [0.3, 0.4) is 0 Å². The van der Waals surface area contributed by atoms with Crippen LogP contribution in [0.4, 0.5) is 5.82 Å². The molecule has 2 aromatic carbocycles. The molecular formula is C27H22N6O2. The number of pyridine rings is 2. The quantitative estimate of drug-likeness (QED) is 0.392. The number of aryl methyl sites for hydroxylation is 1. The maximum atomic E-state index is 13.3. The van der Waals surface area contributed by atoms with E-state index in [-0.39, 0.29) is 5.69 Å². The molecule has 5 rings (SSSR count). The lowest BCUT2D eigenvalue weighted by atomic mass is 9.86. The molecule has 8 nitrogen and oxygen atoms in total. The van der Waals surface area contributed by atoms with Crippen molar-refractivity contribution in [2.24, 2.45) is 7.05 Å². The van der Waals surface area contributed by atoms with Gasteiger partial charge in [0.2, 0.25) is 6.41 Å². The topological polar surface area (TPSA) is 106 Å². The lowest BCUT2D eigenvalue weighted by Crippen LogP contribution is -2.21. The molecule has 1 amide bonds. The van der Waals surface area contributed by atoms with Crippen LogP contribution in [0.25, 0.3) is 38.8 Å².